The molecule has 0 atom stereocenters. The molecule has 1 aromatic carbocycles. The first-order valence-corrected chi connectivity index (χ1v) is 8.62. The number of urea groups is 2. The number of carbonyl (C=O) groups excluding carboxylic acids is 2. The first kappa shape index (κ1) is 17.8. The highest BCUT2D eigenvalue weighted by Crippen LogP contribution is 2.09. The van der Waals surface area contributed by atoms with Crippen molar-refractivity contribution in [3.8, 4) is 5.69 Å². The minimum absolute atomic E-state index is 0.0117. The lowest BCUT2D eigenvalue weighted by atomic mass is 10.2. The van der Waals surface area contributed by atoms with E-state index in [1.807, 2.05) is 36.5 Å². The minimum Gasteiger partial charge on any atom is -0.334 e. The molecule has 1 saturated heterocycles. The molecule has 1 aliphatic rings. The van der Waals surface area contributed by atoms with Gasteiger partial charge in [0.1, 0.15) is 0 Å². The monoisotopic (exact) mass is 356 g/mol. The van der Waals surface area contributed by atoms with Crippen LogP contribution in [0.15, 0.2) is 42.7 Å². The van der Waals surface area contributed by atoms with Gasteiger partial charge >= 0.3 is 12.1 Å². The second-order valence-electron chi connectivity index (χ2n) is 6.43. The summed E-state index contributed by atoms with van der Waals surface area (Å²) in [6.07, 6.45) is 3.62. The maximum atomic E-state index is 12.3. The van der Waals surface area contributed by atoms with Crippen LogP contribution >= 0.6 is 0 Å². The van der Waals surface area contributed by atoms with Crippen LogP contribution in [0.25, 0.3) is 5.69 Å². The number of aromatic nitrogens is 2. The molecular weight excluding hydrogens is 332 g/mol. The molecule has 0 radical (unpaired) electrons. The molecule has 0 spiro atoms. The summed E-state index contributed by atoms with van der Waals surface area (Å²) in [6.45, 7) is 2.67. The highest BCUT2D eigenvalue weighted by molar-refractivity contribution is 5.76. The molecular formula is C18H24N6O2. The van der Waals surface area contributed by atoms with Crippen molar-refractivity contribution in [2.45, 2.75) is 6.54 Å². The smallest absolute Gasteiger partial charge is 0.319 e. The Kier molecular flexibility index (Phi) is 5.40. The summed E-state index contributed by atoms with van der Waals surface area (Å²) in [5.41, 5.74) is 2.00. The van der Waals surface area contributed by atoms with E-state index in [0.29, 0.717) is 32.7 Å². The van der Waals surface area contributed by atoms with Crippen molar-refractivity contribution in [1.29, 1.82) is 0 Å². The van der Waals surface area contributed by atoms with Crippen LogP contribution in [0.3, 0.4) is 0 Å². The third kappa shape index (κ3) is 4.14. The fraction of sp³-hybridized carbons (Fsp3) is 0.389. The van der Waals surface area contributed by atoms with Gasteiger partial charge in [-0.3, -0.25) is 0 Å². The van der Waals surface area contributed by atoms with Gasteiger partial charge in [0.15, 0.2) is 0 Å². The van der Waals surface area contributed by atoms with E-state index in [9.17, 15) is 9.59 Å². The highest BCUT2D eigenvalue weighted by atomic mass is 16.2. The van der Waals surface area contributed by atoms with Gasteiger partial charge in [0.2, 0.25) is 0 Å². The third-order valence-electron chi connectivity index (χ3n) is 4.37. The van der Waals surface area contributed by atoms with Crippen molar-refractivity contribution in [2.24, 2.45) is 0 Å². The fourth-order valence-electron chi connectivity index (χ4n) is 2.86. The molecule has 0 unspecified atom stereocenters. The highest BCUT2D eigenvalue weighted by Gasteiger charge is 2.24. The van der Waals surface area contributed by atoms with E-state index in [0.717, 1.165) is 11.3 Å². The van der Waals surface area contributed by atoms with Gasteiger partial charge in [-0.05, 0) is 23.8 Å². The third-order valence-corrected chi connectivity index (χ3v) is 4.37. The Hall–Kier alpha value is -3.03. The molecule has 1 aromatic heterocycles. The molecule has 8 nitrogen and oxygen atoms in total. The van der Waals surface area contributed by atoms with E-state index in [1.54, 1.807) is 39.7 Å². The summed E-state index contributed by atoms with van der Waals surface area (Å²) in [4.78, 5) is 29.3. The maximum absolute atomic E-state index is 12.3. The van der Waals surface area contributed by atoms with Crippen LogP contribution in [0.2, 0.25) is 0 Å². The molecule has 0 saturated carbocycles. The van der Waals surface area contributed by atoms with E-state index in [-0.39, 0.29) is 12.1 Å². The van der Waals surface area contributed by atoms with Crippen LogP contribution in [-0.2, 0) is 6.54 Å². The van der Waals surface area contributed by atoms with Crippen molar-refractivity contribution >= 4 is 12.1 Å². The molecule has 26 heavy (non-hydrogen) atoms. The molecule has 2 aromatic rings. The van der Waals surface area contributed by atoms with E-state index < -0.39 is 0 Å². The quantitative estimate of drug-likeness (QED) is 0.903. The van der Waals surface area contributed by atoms with Crippen molar-refractivity contribution < 1.29 is 9.59 Å². The van der Waals surface area contributed by atoms with Crippen molar-refractivity contribution in [2.75, 3.05) is 40.3 Å². The number of rotatable bonds is 3. The largest absolute Gasteiger partial charge is 0.334 e. The lowest BCUT2D eigenvalue weighted by Gasteiger charge is -2.35. The maximum Gasteiger partial charge on any atom is 0.319 e. The molecule has 1 fully saturated rings. The molecule has 3 rings (SSSR count). The van der Waals surface area contributed by atoms with Crippen LogP contribution in [-0.4, -0.2) is 76.8 Å². The summed E-state index contributed by atoms with van der Waals surface area (Å²) in [7, 11) is 3.47. The molecule has 1 N–H and O–H groups in total. The van der Waals surface area contributed by atoms with Crippen molar-refractivity contribution in [3.05, 3.63) is 48.3 Å². The average molecular weight is 356 g/mol. The zero-order valence-corrected chi connectivity index (χ0v) is 15.1. The Labute approximate surface area is 153 Å². The van der Waals surface area contributed by atoms with Crippen molar-refractivity contribution in [3.63, 3.8) is 0 Å². The van der Waals surface area contributed by atoms with Gasteiger partial charge in [-0.25, -0.2) is 14.3 Å². The minimum atomic E-state index is -0.0990. The zero-order chi connectivity index (χ0) is 18.5. The summed E-state index contributed by atoms with van der Waals surface area (Å²) in [5, 5.41) is 7.13. The molecule has 2 heterocycles. The van der Waals surface area contributed by atoms with Crippen LogP contribution < -0.4 is 5.32 Å². The van der Waals surface area contributed by atoms with Gasteiger partial charge in [-0.15, -0.1) is 0 Å². The number of carbonyl (C=O) groups is 2. The molecule has 1 aliphatic heterocycles. The van der Waals surface area contributed by atoms with E-state index in [1.165, 1.54) is 0 Å². The van der Waals surface area contributed by atoms with Crippen LogP contribution in [0.1, 0.15) is 5.56 Å². The topological polar surface area (TPSA) is 73.7 Å². The van der Waals surface area contributed by atoms with E-state index >= 15 is 0 Å². The summed E-state index contributed by atoms with van der Waals surface area (Å²) >= 11 is 0. The van der Waals surface area contributed by atoms with Gasteiger partial charge in [-0.2, -0.15) is 5.10 Å². The Morgan fingerprint density at radius 3 is 2.31 bits per heavy atom. The Morgan fingerprint density at radius 1 is 1.08 bits per heavy atom. The van der Waals surface area contributed by atoms with Crippen LogP contribution in [0.4, 0.5) is 9.59 Å². The fourth-order valence-corrected chi connectivity index (χ4v) is 2.86. The second kappa shape index (κ2) is 7.90. The average Bonchev–Trinajstić information content (AvgIpc) is 3.20. The zero-order valence-electron chi connectivity index (χ0n) is 15.1. The molecule has 8 heteroatoms. The Bertz CT molecular complexity index is 734. The molecule has 0 bridgehead atoms. The predicted octanol–water partition coefficient (Wildman–Crippen LogP) is 1.38. The summed E-state index contributed by atoms with van der Waals surface area (Å²) < 4.78 is 1.79. The van der Waals surface area contributed by atoms with Crippen LogP contribution in [0, 0.1) is 0 Å². The van der Waals surface area contributed by atoms with Gasteiger partial charge in [0.25, 0.3) is 0 Å². The number of nitrogens with one attached hydrogen (secondary N) is 1. The molecule has 4 amide bonds. The van der Waals surface area contributed by atoms with E-state index in [4.69, 9.17) is 0 Å². The number of benzene rings is 1. The van der Waals surface area contributed by atoms with Gasteiger partial charge in [0.05, 0.1) is 5.69 Å². The lowest BCUT2D eigenvalue weighted by Crippen LogP contribution is -2.54. The Morgan fingerprint density at radius 2 is 1.73 bits per heavy atom. The van der Waals surface area contributed by atoms with E-state index in [2.05, 4.69) is 10.4 Å². The first-order valence-electron chi connectivity index (χ1n) is 8.62. The first-order chi connectivity index (χ1) is 12.5. The van der Waals surface area contributed by atoms with Gasteiger partial charge in [-0.1, -0.05) is 12.1 Å². The SMILES string of the molecule is CN(C)C(=O)N1CCN(C(=O)NCc2ccc(-n3cccn3)cc2)CC1. The second-order valence-corrected chi connectivity index (χ2v) is 6.43. The number of amides is 4. The number of piperazine rings is 1. The molecule has 138 valence electrons. The lowest BCUT2D eigenvalue weighted by molar-refractivity contribution is 0.128. The number of hydrogen-bond donors (Lipinski definition) is 1. The number of nitrogens with zero attached hydrogens (tertiary/aromatic N) is 5. The normalized spacial score (nSPS) is 14.2. The Balaban J connectivity index is 1.46. The van der Waals surface area contributed by atoms with Crippen molar-refractivity contribution in [1.82, 2.24) is 29.8 Å². The number of hydrogen-bond acceptors (Lipinski definition) is 3. The van der Waals surface area contributed by atoms with Crippen LogP contribution in [0.5, 0.6) is 0 Å². The van der Waals surface area contributed by atoms with Gasteiger partial charge in [0, 0.05) is 59.2 Å². The summed E-state index contributed by atoms with van der Waals surface area (Å²) in [5.74, 6) is 0. The predicted molar refractivity (Wildman–Crippen MR) is 98.0 cm³/mol. The molecule has 0 aliphatic carbocycles. The van der Waals surface area contributed by atoms with Gasteiger partial charge < -0.3 is 20.0 Å². The standard InChI is InChI=1S/C18H24N6O2/c1-21(2)18(26)23-12-10-22(11-13-23)17(25)19-14-15-4-6-16(7-5-15)24-9-3-8-20-24/h3-9H,10-14H2,1-2H3,(H,19,25). The summed E-state index contributed by atoms with van der Waals surface area (Å²) in [6, 6.07) is 9.66.